The van der Waals surface area contributed by atoms with Gasteiger partial charge >= 0.3 is 5.97 Å². The Morgan fingerprint density at radius 1 is 1.18 bits per heavy atom. The fourth-order valence-corrected chi connectivity index (χ4v) is 2.47. The van der Waals surface area contributed by atoms with Gasteiger partial charge in [0.05, 0.1) is 6.42 Å². The number of amides is 1. The number of carbonyl (C=O) groups is 2. The zero-order chi connectivity index (χ0) is 17.0. The molecule has 0 aromatic carbocycles. The molecular weight excluding hydrogens is 284 g/mol. The number of carboxylic acid groups (broad SMARTS) is 1. The molecule has 1 heterocycles. The number of aromatic nitrogens is 1. The predicted octanol–water partition coefficient (Wildman–Crippen LogP) is 1.92. The molecule has 0 bridgehead atoms. The zero-order valence-electron chi connectivity index (χ0n) is 13.7. The van der Waals surface area contributed by atoms with Crippen LogP contribution in [0.3, 0.4) is 0 Å². The number of carbonyl (C=O) groups excluding carboxylic acids is 1. The van der Waals surface area contributed by atoms with Crippen LogP contribution in [-0.2, 0) is 4.79 Å². The smallest absolute Gasteiger partial charge is 0.305 e. The van der Waals surface area contributed by atoms with Crippen molar-refractivity contribution in [3.8, 4) is 0 Å². The fourth-order valence-electron chi connectivity index (χ4n) is 2.47. The summed E-state index contributed by atoms with van der Waals surface area (Å²) >= 11 is 0. The number of rotatable bonds is 6. The Bertz CT molecular complexity index is 632. The molecule has 0 saturated heterocycles. The molecule has 0 aliphatic rings. The molecule has 0 aliphatic carbocycles. The van der Waals surface area contributed by atoms with Crippen molar-refractivity contribution in [3.05, 3.63) is 32.7 Å². The van der Waals surface area contributed by atoms with Gasteiger partial charge in [-0.1, -0.05) is 13.8 Å². The number of hydrogen-bond donors (Lipinski definition) is 3. The zero-order valence-corrected chi connectivity index (χ0v) is 13.7. The van der Waals surface area contributed by atoms with Gasteiger partial charge in [0.25, 0.3) is 11.5 Å². The van der Waals surface area contributed by atoms with Gasteiger partial charge in [-0.3, -0.25) is 14.4 Å². The molecule has 0 unspecified atom stereocenters. The maximum atomic E-state index is 12.4. The van der Waals surface area contributed by atoms with Crippen molar-refractivity contribution >= 4 is 11.9 Å². The van der Waals surface area contributed by atoms with Crippen LogP contribution in [0.4, 0.5) is 0 Å². The summed E-state index contributed by atoms with van der Waals surface area (Å²) in [6.07, 6.45) is 0.381. The van der Waals surface area contributed by atoms with Crippen LogP contribution in [0.5, 0.6) is 0 Å². The Labute approximate surface area is 129 Å². The first-order chi connectivity index (χ1) is 10.1. The number of carboxylic acids is 1. The lowest BCUT2D eigenvalue weighted by Crippen LogP contribution is -2.40. The van der Waals surface area contributed by atoms with Gasteiger partial charge in [0, 0.05) is 11.7 Å². The normalized spacial score (nSPS) is 12.3. The Balaban J connectivity index is 3.07. The number of nitrogens with one attached hydrogen (secondary N) is 2. The van der Waals surface area contributed by atoms with E-state index in [1.54, 1.807) is 13.8 Å². The molecular formula is C16H24N2O4. The molecule has 1 atom stereocenters. The van der Waals surface area contributed by atoms with Crippen LogP contribution < -0.4 is 10.9 Å². The average Bonchev–Trinajstić information content (AvgIpc) is 2.34. The Hall–Kier alpha value is -2.11. The van der Waals surface area contributed by atoms with Gasteiger partial charge < -0.3 is 15.4 Å². The van der Waals surface area contributed by atoms with Crippen molar-refractivity contribution in [2.45, 2.75) is 53.5 Å². The molecule has 1 rings (SSSR count). The van der Waals surface area contributed by atoms with E-state index in [1.807, 2.05) is 20.8 Å². The second-order valence-electron chi connectivity index (χ2n) is 6.10. The van der Waals surface area contributed by atoms with Crippen LogP contribution in [0.15, 0.2) is 4.79 Å². The van der Waals surface area contributed by atoms with Crippen LogP contribution >= 0.6 is 0 Å². The highest BCUT2D eigenvalue weighted by molar-refractivity contribution is 5.96. The summed E-state index contributed by atoms with van der Waals surface area (Å²) < 4.78 is 0. The lowest BCUT2D eigenvalue weighted by Gasteiger charge is -2.19. The van der Waals surface area contributed by atoms with Crippen LogP contribution in [0.25, 0.3) is 0 Å². The highest BCUT2D eigenvalue weighted by Crippen LogP contribution is 2.13. The minimum atomic E-state index is -0.975. The van der Waals surface area contributed by atoms with E-state index in [2.05, 4.69) is 10.3 Å². The van der Waals surface area contributed by atoms with Crippen LogP contribution in [0.1, 0.15) is 53.9 Å². The summed E-state index contributed by atoms with van der Waals surface area (Å²) in [6, 6.07) is -0.495. The van der Waals surface area contributed by atoms with E-state index in [1.165, 1.54) is 0 Å². The monoisotopic (exact) mass is 308 g/mol. The van der Waals surface area contributed by atoms with E-state index in [0.29, 0.717) is 12.0 Å². The molecule has 6 heteroatoms. The van der Waals surface area contributed by atoms with E-state index in [9.17, 15) is 14.4 Å². The maximum Gasteiger partial charge on any atom is 0.305 e. The topological polar surface area (TPSA) is 99.3 Å². The fraction of sp³-hybridized carbons (Fsp3) is 0.562. The Morgan fingerprint density at radius 3 is 2.27 bits per heavy atom. The van der Waals surface area contributed by atoms with Gasteiger partial charge in [-0.2, -0.15) is 0 Å². The lowest BCUT2D eigenvalue weighted by atomic mass is 9.99. The van der Waals surface area contributed by atoms with Gasteiger partial charge in [0.15, 0.2) is 0 Å². The van der Waals surface area contributed by atoms with Gasteiger partial charge in [-0.25, -0.2) is 0 Å². The highest BCUT2D eigenvalue weighted by atomic mass is 16.4. The molecule has 0 fully saturated rings. The summed E-state index contributed by atoms with van der Waals surface area (Å²) in [6.45, 7) is 9.24. The van der Waals surface area contributed by atoms with Crippen LogP contribution in [0, 0.1) is 26.7 Å². The molecule has 1 amide bonds. The van der Waals surface area contributed by atoms with E-state index >= 15 is 0 Å². The Morgan fingerprint density at radius 2 is 1.77 bits per heavy atom. The molecule has 1 aromatic heterocycles. The second-order valence-corrected chi connectivity index (χ2v) is 6.10. The number of aryl methyl sites for hydroxylation is 1. The lowest BCUT2D eigenvalue weighted by molar-refractivity contribution is -0.137. The van der Waals surface area contributed by atoms with Crippen molar-refractivity contribution in [1.82, 2.24) is 10.3 Å². The molecule has 0 radical (unpaired) electrons. The van der Waals surface area contributed by atoms with Crippen LogP contribution in [0.2, 0.25) is 0 Å². The third kappa shape index (κ3) is 4.44. The summed E-state index contributed by atoms with van der Waals surface area (Å²) in [5.74, 6) is -1.26. The summed E-state index contributed by atoms with van der Waals surface area (Å²) in [4.78, 5) is 38.0. The number of H-pyrrole nitrogens is 1. The summed E-state index contributed by atoms with van der Waals surface area (Å²) in [7, 11) is 0. The first-order valence-corrected chi connectivity index (χ1v) is 7.36. The Kier molecular flexibility index (Phi) is 5.91. The van der Waals surface area contributed by atoms with E-state index in [-0.39, 0.29) is 17.9 Å². The van der Waals surface area contributed by atoms with E-state index in [0.717, 1.165) is 11.3 Å². The van der Waals surface area contributed by atoms with Gasteiger partial charge in [-0.15, -0.1) is 0 Å². The first-order valence-electron chi connectivity index (χ1n) is 7.36. The summed E-state index contributed by atoms with van der Waals surface area (Å²) in [5.41, 5.74) is 1.81. The third-order valence-corrected chi connectivity index (χ3v) is 3.77. The number of aromatic amines is 1. The minimum Gasteiger partial charge on any atom is -0.481 e. The van der Waals surface area contributed by atoms with Crippen molar-refractivity contribution in [3.63, 3.8) is 0 Å². The molecule has 1 aromatic rings. The SMILES string of the molecule is Cc1[nH]c(=O)c(C(=O)N[C@H](CC(=O)O)CC(C)C)c(C)c1C. The molecule has 0 spiro atoms. The quantitative estimate of drug-likeness (QED) is 0.747. The molecule has 0 saturated carbocycles. The van der Waals surface area contributed by atoms with E-state index in [4.69, 9.17) is 5.11 Å². The average molecular weight is 308 g/mol. The number of aliphatic carboxylic acids is 1. The number of pyridine rings is 1. The first kappa shape index (κ1) is 17.9. The molecule has 122 valence electrons. The third-order valence-electron chi connectivity index (χ3n) is 3.77. The van der Waals surface area contributed by atoms with Crippen molar-refractivity contribution in [2.75, 3.05) is 0 Å². The molecule has 0 aliphatic heterocycles. The summed E-state index contributed by atoms with van der Waals surface area (Å²) in [5, 5.41) is 11.6. The molecule has 6 nitrogen and oxygen atoms in total. The van der Waals surface area contributed by atoms with Crippen molar-refractivity contribution in [2.24, 2.45) is 5.92 Å². The molecule has 3 N–H and O–H groups in total. The van der Waals surface area contributed by atoms with E-state index < -0.39 is 23.5 Å². The van der Waals surface area contributed by atoms with Crippen LogP contribution in [-0.4, -0.2) is 28.0 Å². The molecule has 22 heavy (non-hydrogen) atoms. The van der Waals surface area contributed by atoms with Gasteiger partial charge in [0.2, 0.25) is 0 Å². The minimum absolute atomic E-state index is 0.0576. The van der Waals surface area contributed by atoms with Crippen molar-refractivity contribution in [1.29, 1.82) is 0 Å². The number of hydrogen-bond acceptors (Lipinski definition) is 3. The van der Waals surface area contributed by atoms with Crippen molar-refractivity contribution < 1.29 is 14.7 Å². The predicted molar refractivity (Wildman–Crippen MR) is 84.2 cm³/mol. The largest absolute Gasteiger partial charge is 0.481 e. The standard InChI is InChI=1S/C16H24N2O4/c1-8(2)6-12(7-13(19)20)18-16(22)14-10(4)9(3)11(5)17-15(14)21/h8,12H,6-7H2,1-5H3,(H,17,21)(H,18,22)(H,19,20)/t12-/m0/s1. The second kappa shape index (κ2) is 7.24. The highest BCUT2D eigenvalue weighted by Gasteiger charge is 2.22. The van der Waals surface area contributed by atoms with Gasteiger partial charge in [0.1, 0.15) is 5.56 Å². The van der Waals surface area contributed by atoms with Gasteiger partial charge in [-0.05, 0) is 44.2 Å². The maximum absolute atomic E-state index is 12.4.